The Bertz CT molecular complexity index is 1270. The first kappa shape index (κ1) is 25.0. The number of nitrogens with zero attached hydrogens (tertiary/aromatic N) is 1. The lowest BCUT2D eigenvalue weighted by molar-refractivity contribution is -0.114. The molecule has 2 N–H and O–H groups in total. The maximum absolute atomic E-state index is 12.9. The van der Waals surface area contributed by atoms with Gasteiger partial charge in [0.05, 0.1) is 23.2 Å². The smallest absolute Gasteiger partial charge is 0.253 e. The molecule has 0 aliphatic rings. The van der Waals surface area contributed by atoms with Crippen LogP contribution in [-0.4, -0.2) is 39.6 Å². The van der Waals surface area contributed by atoms with Gasteiger partial charge in [-0.25, -0.2) is 8.42 Å². The highest BCUT2D eigenvalue weighted by Gasteiger charge is 2.23. The fraction of sp³-hybridized carbons (Fsp3) is 0.231. The summed E-state index contributed by atoms with van der Waals surface area (Å²) >= 11 is 0. The average Bonchev–Trinajstić information content (AvgIpc) is 2.80. The summed E-state index contributed by atoms with van der Waals surface area (Å²) in [5.41, 5.74) is 3.88. The van der Waals surface area contributed by atoms with Gasteiger partial charge in [-0.15, -0.1) is 0 Å². The number of benzene rings is 3. The van der Waals surface area contributed by atoms with Gasteiger partial charge in [-0.3, -0.25) is 13.9 Å². The molecule has 0 aliphatic carbocycles. The van der Waals surface area contributed by atoms with Gasteiger partial charge >= 0.3 is 0 Å². The van der Waals surface area contributed by atoms with Crippen molar-refractivity contribution >= 4 is 33.2 Å². The van der Waals surface area contributed by atoms with Gasteiger partial charge in [-0.2, -0.15) is 0 Å². The zero-order chi connectivity index (χ0) is 24.7. The van der Waals surface area contributed by atoms with E-state index in [-0.39, 0.29) is 5.91 Å². The van der Waals surface area contributed by atoms with Crippen molar-refractivity contribution in [2.45, 2.75) is 20.3 Å². The van der Waals surface area contributed by atoms with Crippen molar-refractivity contribution in [3.8, 4) is 0 Å². The molecule has 0 fully saturated rings. The second-order valence-electron chi connectivity index (χ2n) is 8.07. The number of carbonyl (C=O) groups excluding carboxylic acids is 2. The number of rotatable bonds is 9. The van der Waals surface area contributed by atoms with Gasteiger partial charge in [0.25, 0.3) is 5.91 Å². The van der Waals surface area contributed by atoms with Crippen LogP contribution in [0.5, 0.6) is 0 Å². The summed E-state index contributed by atoms with van der Waals surface area (Å²) in [4.78, 5) is 25.6. The summed E-state index contributed by atoms with van der Waals surface area (Å²) in [5.74, 6) is -0.864. The van der Waals surface area contributed by atoms with Crippen LogP contribution in [0.4, 0.5) is 11.4 Å². The molecule has 8 heteroatoms. The van der Waals surface area contributed by atoms with Crippen LogP contribution in [0.15, 0.2) is 72.8 Å². The van der Waals surface area contributed by atoms with Crippen LogP contribution in [0.1, 0.15) is 27.0 Å². The average molecular weight is 480 g/mol. The van der Waals surface area contributed by atoms with Crippen molar-refractivity contribution in [2.24, 2.45) is 0 Å². The molecular formula is C26H29N3O4S. The monoisotopic (exact) mass is 479 g/mol. The van der Waals surface area contributed by atoms with Gasteiger partial charge in [-0.1, -0.05) is 54.6 Å². The summed E-state index contributed by atoms with van der Waals surface area (Å²) in [7, 11) is -3.72. The maximum atomic E-state index is 12.9. The van der Waals surface area contributed by atoms with Gasteiger partial charge in [0.1, 0.15) is 6.54 Å². The number of hydrogen-bond acceptors (Lipinski definition) is 4. The van der Waals surface area contributed by atoms with Crippen LogP contribution in [-0.2, 0) is 21.2 Å². The zero-order valence-corrected chi connectivity index (χ0v) is 20.4. The van der Waals surface area contributed by atoms with E-state index in [2.05, 4.69) is 10.6 Å². The van der Waals surface area contributed by atoms with Crippen molar-refractivity contribution < 1.29 is 18.0 Å². The fourth-order valence-electron chi connectivity index (χ4n) is 3.56. The highest BCUT2D eigenvalue weighted by atomic mass is 32.2. The molecule has 0 saturated heterocycles. The quantitative estimate of drug-likeness (QED) is 0.489. The topological polar surface area (TPSA) is 95.6 Å². The Morgan fingerprint density at radius 1 is 0.882 bits per heavy atom. The molecule has 0 heterocycles. The standard InChI is InChI=1S/C26H29N3O4S/c1-19-10-9-15-24(20(19)2)29(34(3,32)33)18-25(30)28-23-14-8-7-13-22(23)26(31)27-17-16-21-11-5-4-6-12-21/h4-15H,16-18H2,1-3H3,(H,27,31)(H,28,30). The minimum atomic E-state index is -3.72. The fourth-order valence-corrected chi connectivity index (χ4v) is 4.46. The summed E-state index contributed by atoms with van der Waals surface area (Å²) in [5, 5.41) is 5.57. The van der Waals surface area contributed by atoms with Gasteiger partial charge in [0.2, 0.25) is 15.9 Å². The number of anilines is 2. The molecule has 0 aromatic heterocycles. The SMILES string of the molecule is Cc1cccc(N(CC(=O)Nc2ccccc2C(=O)NCCc2ccccc2)S(C)(=O)=O)c1C. The van der Waals surface area contributed by atoms with E-state index in [1.807, 2.05) is 50.2 Å². The molecule has 178 valence electrons. The van der Waals surface area contributed by atoms with E-state index in [0.29, 0.717) is 29.9 Å². The first-order valence-corrected chi connectivity index (χ1v) is 12.8. The number of carbonyl (C=O) groups is 2. The molecule has 2 amide bonds. The molecule has 0 saturated carbocycles. The van der Waals surface area contributed by atoms with Crippen LogP contribution in [0.3, 0.4) is 0 Å². The van der Waals surface area contributed by atoms with E-state index in [9.17, 15) is 18.0 Å². The predicted molar refractivity (Wildman–Crippen MR) is 136 cm³/mol. The maximum Gasteiger partial charge on any atom is 0.253 e. The molecule has 7 nitrogen and oxygen atoms in total. The molecule has 0 unspecified atom stereocenters. The summed E-state index contributed by atoms with van der Waals surface area (Å²) in [6.07, 6.45) is 1.75. The minimum absolute atomic E-state index is 0.307. The third kappa shape index (κ3) is 6.45. The Hall–Kier alpha value is -3.65. The molecule has 0 bridgehead atoms. The van der Waals surface area contributed by atoms with Crippen LogP contribution < -0.4 is 14.9 Å². The van der Waals surface area contributed by atoms with E-state index in [4.69, 9.17) is 0 Å². The number of amides is 2. The summed E-state index contributed by atoms with van der Waals surface area (Å²) in [6.45, 7) is 3.73. The first-order valence-electron chi connectivity index (χ1n) is 10.9. The molecule has 3 aromatic rings. The lowest BCUT2D eigenvalue weighted by Gasteiger charge is -2.24. The molecule has 3 aromatic carbocycles. The third-order valence-corrected chi connectivity index (χ3v) is 6.65. The normalized spacial score (nSPS) is 11.0. The first-order chi connectivity index (χ1) is 16.2. The van der Waals surface area contributed by atoms with Crippen molar-refractivity contribution in [1.29, 1.82) is 0 Å². The number of para-hydroxylation sites is 1. The van der Waals surface area contributed by atoms with E-state index in [0.717, 1.165) is 27.3 Å². The summed E-state index contributed by atoms with van der Waals surface area (Å²) < 4.78 is 26.0. The van der Waals surface area contributed by atoms with E-state index in [1.54, 1.807) is 36.4 Å². The highest BCUT2D eigenvalue weighted by Crippen LogP contribution is 2.25. The molecule has 0 spiro atoms. The van der Waals surface area contributed by atoms with Gasteiger partial charge in [0, 0.05) is 6.54 Å². The van der Waals surface area contributed by atoms with Gasteiger partial charge < -0.3 is 10.6 Å². The number of hydrogen-bond donors (Lipinski definition) is 2. The molecule has 0 aliphatic heterocycles. The Balaban J connectivity index is 1.72. The lowest BCUT2D eigenvalue weighted by Crippen LogP contribution is -2.38. The second kappa shape index (κ2) is 11.0. The molecule has 0 atom stereocenters. The third-order valence-electron chi connectivity index (χ3n) is 5.52. The largest absolute Gasteiger partial charge is 0.352 e. The van der Waals surface area contributed by atoms with Gasteiger partial charge in [0.15, 0.2) is 0 Å². The molecule has 0 radical (unpaired) electrons. The summed E-state index contributed by atoms with van der Waals surface area (Å²) in [6, 6.07) is 21.8. The zero-order valence-electron chi connectivity index (χ0n) is 19.5. The minimum Gasteiger partial charge on any atom is -0.352 e. The van der Waals surface area contributed by atoms with Crippen molar-refractivity contribution in [3.63, 3.8) is 0 Å². The number of nitrogens with one attached hydrogen (secondary N) is 2. The second-order valence-corrected chi connectivity index (χ2v) is 9.98. The Morgan fingerprint density at radius 2 is 1.56 bits per heavy atom. The van der Waals surface area contributed by atoms with Crippen LogP contribution in [0.2, 0.25) is 0 Å². The molecular weight excluding hydrogens is 450 g/mol. The number of sulfonamides is 1. The van der Waals surface area contributed by atoms with Crippen LogP contribution in [0.25, 0.3) is 0 Å². The molecule has 34 heavy (non-hydrogen) atoms. The lowest BCUT2D eigenvalue weighted by atomic mass is 10.1. The van der Waals surface area contributed by atoms with Crippen molar-refractivity contribution in [3.05, 3.63) is 95.1 Å². The predicted octanol–water partition coefficient (Wildman–Crippen LogP) is 3.68. The van der Waals surface area contributed by atoms with Crippen molar-refractivity contribution in [1.82, 2.24) is 5.32 Å². The van der Waals surface area contributed by atoms with Crippen LogP contribution >= 0.6 is 0 Å². The van der Waals surface area contributed by atoms with E-state index < -0.39 is 22.5 Å². The number of aryl methyl sites for hydroxylation is 1. The van der Waals surface area contributed by atoms with Gasteiger partial charge in [-0.05, 0) is 55.2 Å². The van der Waals surface area contributed by atoms with E-state index in [1.165, 1.54) is 0 Å². The molecule has 3 rings (SSSR count). The van der Waals surface area contributed by atoms with Crippen molar-refractivity contribution in [2.75, 3.05) is 29.0 Å². The van der Waals surface area contributed by atoms with Crippen LogP contribution in [0, 0.1) is 13.8 Å². The Labute approximate surface area is 200 Å². The highest BCUT2D eigenvalue weighted by molar-refractivity contribution is 7.92. The van der Waals surface area contributed by atoms with E-state index >= 15 is 0 Å². The Kier molecular flexibility index (Phi) is 8.07. The Morgan fingerprint density at radius 3 is 2.26 bits per heavy atom.